The molecule has 35 heavy (non-hydrogen) atoms. The number of rotatable bonds is 7. The molecule has 1 amide bonds. The molecule has 172 valence electrons. The monoisotopic (exact) mass is 457 g/mol. The maximum absolute atomic E-state index is 13.4. The zero-order valence-electron chi connectivity index (χ0n) is 19.5. The number of carbonyl (C=O) groups excluding carboxylic acids is 2. The minimum absolute atomic E-state index is 0.0808. The first-order valence-corrected chi connectivity index (χ1v) is 12.0. The van der Waals surface area contributed by atoms with Crippen LogP contribution in [0.15, 0.2) is 121 Å². The van der Waals surface area contributed by atoms with E-state index in [4.69, 9.17) is 0 Å². The third kappa shape index (κ3) is 5.15. The second-order valence-electron chi connectivity index (χ2n) is 8.91. The van der Waals surface area contributed by atoms with E-state index in [0.29, 0.717) is 18.4 Å². The van der Waals surface area contributed by atoms with Crippen LogP contribution >= 0.6 is 0 Å². The minimum Gasteiger partial charge on any atom is -0.315 e. The lowest BCUT2D eigenvalue weighted by Crippen LogP contribution is -2.31. The summed E-state index contributed by atoms with van der Waals surface area (Å²) in [6, 6.07) is 37.7. The minimum atomic E-state index is -0.661. The van der Waals surface area contributed by atoms with E-state index >= 15 is 0 Å². The molecular weight excluding hydrogens is 430 g/mol. The summed E-state index contributed by atoms with van der Waals surface area (Å²) in [7, 11) is 0. The van der Waals surface area contributed by atoms with Crippen LogP contribution in [0.1, 0.15) is 27.9 Å². The first kappa shape index (κ1) is 22.5. The number of nitrogens with zero attached hydrogens (tertiary/aromatic N) is 1. The third-order valence-corrected chi connectivity index (χ3v) is 6.59. The summed E-state index contributed by atoms with van der Waals surface area (Å²) in [4.78, 5) is 28.4. The van der Waals surface area contributed by atoms with Crippen molar-refractivity contribution in [3.63, 3.8) is 0 Å². The molecule has 0 bridgehead atoms. The van der Waals surface area contributed by atoms with E-state index in [1.807, 2.05) is 79.0 Å². The van der Waals surface area contributed by atoms with Gasteiger partial charge < -0.3 is 4.90 Å². The maximum atomic E-state index is 13.4. The highest BCUT2D eigenvalue weighted by Crippen LogP contribution is 2.31. The van der Waals surface area contributed by atoms with Crippen molar-refractivity contribution in [2.45, 2.75) is 18.9 Å². The lowest BCUT2D eigenvalue weighted by molar-refractivity contribution is -0.128. The summed E-state index contributed by atoms with van der Waals surface area (Å²) >= 11 is 0. The van der Waals surface area contributed by atoms with Gasteiger partial charge in [-0.15, -0.1) is 0 Å². The molecule has 1 aliphatic rings. The van der Waals surface area contributed by atoms with Crippen LogP contribution in [0.5, 0.6) is 0 Å². The summed E-state index contributed by atoms with van der Waals surface area (Å²) in [5, 5.41) is 0. The van der Waals surface area contributed by atoms with Crippen LogP contribution in [0.4, 0.5) is 0 Å². The van der Waals surface area contributed by atoms with Crippen LogP contribution in [0.3, 0.4) is 0 Å². The van der Waals surface area contributed by atoms with Crippen molar-refractivity contribution in [1.29, 1.82) is 0 Å². The standard InChI is InChI=1S/C32H27NO2/c34-31(28-14-8-3-9-15-28)30-23-29(33(32(30)35)21-20-24-10-4-1-5-11-24)22-25-16-18-27(19-17-25)26-12-6-2-7-13-26/h1-21,29-30H,22-23H2. The molecule has 3 nitrogen and oxygen atoms in total. The Labute approximate surface area is 206 Å². The molecule has 1 heterocycles. The molecule has 4 aromatic carbocycles. The number of carbonyl (C=O) groups is 2. The summed E-state index contributed by atoms with van der Waals surface area (Å²) in [6.45, 7) is 0. The second-order valence-corrected chi connectivity index (χ2v) is 8.91. The number of likely N-dealkylation sites (tertiary alicyclic amines) is 1. The van der Waals surface area contributed by atoms with Gasteiger partial charge in [0.1, 0.15) is 5.92 Å². The smallest absolute Gasteiger partial charge is 0.237 e. The molecule has 2 atom stereocenters. The highest BCUT2D eigenvalue weighted by Gasteiger charge is 2.42. The van der Waals surface area contributed by atoms with Crippen LogP contribution in [0, 0.1) is 5.92 Å². The zero-order chi connectivity index (χ0) is 24.0. The molecule has 0 saturated carbocycles. The predicted octanol–water partition coefficient (Wildman–Crippen LogP) is 6.67. The number of hydrogen-bond acceptors (Lipinski definition) is 2. The lowest BCUT2D eigenvalue weighted by atomic mass is 9.92. The Morgan fingerprint density at radius 1 is 0.743 bits per heavy atom. The van der Waals surface area contributed by atoms with Gasteiger partial charge in [-0.05, 0) is 41.2 Å². The van der Waals surface area contributed by atoms with E-state index in [0.717, 1.165) is 16.7 Å². The molecule has 0 aliphatic carbocycles. The Hall–Kier alpha value is -4.24. The average Bonchev–Trinajstić information content (AvgIpc) is 3.23. The Morgan fingerprint density at radius 2 is 1.31 bits per heavy atom. The van der Waals surface area contributed by atoms with Crippen molar-refractivity contribution in [2.75, 3.05) is 0 Å². The molecule has 0 aromatic heterocycles. The first-order chi connectivity index (χ1) is 17.2. The molecule has 1 fully saturated rings. The van der Waals surface area contributed by atoms with E-state index in [2.05, 4.69) is 36.4 Å². The summed E-state index contributed by atoms with van der Waals surface area (Å²) in [5.74, 6) is -0.890. The first-order valence-electron chi connectivity index (χ1n) is 12.0. The highest BCUT2D eigenvalue weighted by molar-refractivity contribution is 6.11. The van der Waals surface area contributed by atoms with Gasteiger partial charge in [0.25, 0.3) is 0 Å². The van der Waals surface area contributed by atoms with Crippen LogP contribution in [0.25, 0.3) is 17.2 Å². The van der Waals surface area contributed by atoms with Gasteiger partial charge in [-0.1, -0.05) is 115 Å². The summed E-state index contributed by atoms with van der Waals surface area (Å²) in [6.07, 6.45) is 4.99. The fourth-order valence-electron chi connectivity index (χ4n) is 4.71. The Bertz CT molecular complexity index is 1310. The van der Waals surface area contributed by atoms with E-state index in [-0.39, 0.29) is 17.7 Å². The van der Waals surface area contributed by atoms with Crippen molar-refractivity contribution in [3.8, 4) is 11.1 Å². The van der Waals surface area contributed by atoms with Gasteiger partial charge >= 0.3 is 0 Å². The van der Waals surface area contributed by atoms with Crippen molar-refractivity contribution in [3.05, 3.63) is 138 Å². The fraction of sp³-hybridized carbons (Fsp3) is 0.125. The molecule has 4 aromatic rings. The van der Waals surface area contributed by atoms with Gasteiger partial charge in [-0.3, -0.25) is 9.59 Å². The van der Waals surface area contributed by atoms with Gasteiger partial charge in [0.2, 0.25) is 5.91 Å². The van der Waals surface area contributed by atoms with Crippen LogP contribution in [-0.2, 0) is 11.2 Å². The Morgan fingerprint density at radius 3 is 1.97 bits per heavy atom. The van der Waals surface area contributed by atoms with E-state index in [1.54, 1.807) is 17.0 Å². The highest BCUT2D eigenvalue weighted by atomic mass is 16.2. The molecule has 2 unspecified atom stereocenters. The average molecular weight is 458 g/mol. The van der Waals surface area contributed by atoms with E-state index in [1.165, 1.54) is 5.56 Å². The molecular formula is C32H27NO2. The topological polar surface area (TPSA) is 37.4 Å². The van der Waals surface area contributed by atoms with Gasteiger partial charge in [-0.25, -0.2) is 0 Å². The van der Waals surface area contributed by atoms with Crippen molar-refractivity contribution in [2.24, 2.45) is 5.92 Å². The fourth-order valence-corrected chi connectivity index (χ4v) is 4.71. The predicted molar refractivity (Wildman–Crippen MR) is 141 cm³/mol. The van der Waals surface area contributed by atoms with Gasteiger partial charge in [0.15, 0.2) is 5.78 Å². The van der Waals surface area contributed by atoms with Gasteiger partial charge in [-0.2, -0.15) is 0 Å². The molecule has 1 aliphatic heterocycles. The van der Waals surface area contributed by atoms with Crippen molar-refractivity contribution < 1.29 is 9.59 Å². The summed E-state index contributed by atoms with van der Waals surface area (Å²) < 4.78 is 0. The lowest BCUT2D eigenvalue weighted by Gasteiger charge is -2.21. The molecule has 0 radical (unpaired) electrons. The van der Waals surface area contributed by atoms with Gasteiger partial charge in [0.05, 0.1) is 0 Å². The molecule has 0 spiro atoms. The van der Waals surface area contributed by atoms with Crippen LogP contribution < -0.4 is 0 Å². The second kappa shape index (κ2) is 10.4. The van der Waals surface area contributed by atoms with Crippen LogP contribution in [0.2, 0.25) is 0 Å². The number of benzene rings is 4. The number of ketones is 1. The zero-order valence-corrected chi connectivity index (χ0v) is 19.5. The Balaban J connectivity index is 1.39. The number of hydrogen-bond donors (Lipinski definition) is 0. The number of amides is 1. The largest absolute Gasteiger partial charge is 0.315 e. The molecule has 0 N–H and O–H groups in total. The normalized spacial score (nSPS) is 17.7. The maximum Gasteiger partial charge on any atom is 0.237 e. The quantitative estimate of drug-likeness (QED) is 0.230. The van der Waals surface area contributed by atoms with Crippen molar-refractivity contribution >= 4 is 17.8 Å². The van der Waals surface area contributed by atoms with Gasteiger partial charge in [0, 0.05) is 17.8 Å². The third-order valence-electron chi connectivity index (χ3n) is 6.59. The Kier molecular flexibility index (Phi) is 6.67. The SMILES string of the molecule is O=C(c1ccccc1)C1CC(Cc2ccc(-c3ccccc3)cc2)N(C=Cc2ccccc2)C1=O. The molecule has 5 rings (SSSR count). The molecule has 1 saturated heterocycles. The van der Waals surface area contributed by atoms with Crippen LogP contribution in [-0.4, -0.2) is 22.6 Å². The van der Waals surface area contributed by atoms with Crippen molar-refractivity contribution in [1.82, 2.24) is 4.90 Å². The van der Waals surface area contributed by atoms with E-state index < -0.39 is 5.92 Å². The molecule has 3 heteroatoms. The summed E-state index contributed by atoms with van der Waals surface area (Å²) in [5.41, 5.74) is 5.09. The van der Waals surface area contributed by atoms with E-state index in [9.17, 15) is 9.59 Å². The number of Topliss-reactive ketones (excluding diaryl/α,β-unsaturated/α-hetero) is 1.